The van der Waals surface area contributed by atoms with Crippen LogP contribution in [-0.4, -0.2) is 30.6 Å². The predicted molar refractivity (Wildman–Crippen MR) is 75.4 cm³/mol. The Balaban J connectivity index is 1.98. The van der Waals surface area contributed by atoms with Crippen LogP contribution in [0.15, 0.2) is 18.3 Å². The van der Waals surface area contributed by atoms with E-state index in [1.165, 1.54) is 6.07 Å². The first-order valence-corrected chi connectivity index (χ1v) is 7.34. The molecule has 0 N–H and O–H groups in total. The van der Waals surface area contributed by atoms with Crippen LogP contribution < -0.4 is 4.90 Å². The molecule has 1 atom stereocenters. The number of anilines is 1. The van der Waals surface area contributed by atoms with Crippen molar-refractivity contribution in [3.63, 3.8) is 0 Å². The Bertz CT molecular complexity index is 503. The molecule has 1 aliphatic rings. The lowest BCUT2D eigenvalue weighted by Gasteiger charge is -2.33. The second kappa shape index (κ2) is 6.98. The number of pyridine rings is 1. The molecular weight excluding hydrogens is 297 g/mol. The van der Waals surface area contributed by atoms with Crippen LogP contribution in [0.2, 0.25) is 0 Å². The van der Waals surface area contributed by atoms with Crippen LogP contribution in [0.4, 0.5) is 19.0 Å². The molecule has 0 radical (unpaired) electrons. The van der Waals surface area contributed by atoms with E-state index in [0.717, 1.165) is 31.6 Å². The Labute approximate surface area is 127 Å². The minimum absolute atomic E-state index is 0.150. The molecule has 0 aliphatic carbocycles. The summed E-state index contributed by atoms with van der Waals surface area (Å²) < 4.78 is 42.5. The van der Waals surface area contributed by atoms with Gasteiger partial charge in [0.25, 0.3) is 0 Å². The van der Waals surface area contributed by atoms with Crippen molar-refractivity contribution in [3.8, 4) is 0 Å². The normalized spacial score (nSPS) is 19.1. The summed E-state index contributed by atoms with van der Waals surface area (Å²) in [7, 11) is 0. The SMILES string of the molecule is CCOC(=O)CC1CCCN(c2ccc(C(F)(F)F)cn2)C1. The molecule has 0 saturated carbocycles. The number of rotatable bonds is 4. The van der Waals surface area contributed by atoms with Crippen LogP contribution in [0.5, 0.6) is 0 Å². The number of piperidine rings is 1. The Morgan fingerprint density at radius 1 is 1.45 bits per heavy atom. The van der Waals surface area contributed by atoms with Crippen molar-refractivity contribution >= 4 is 11.8 Å². The van der Waals surface area contributed by atoms with Gasteiger partial charge in [0.1, 0.15) is 5.82 Å². The highest BCUT2D eigenvalue weighted by molar-refractivity contribution is 5.69. The van der Waals surface area contributed by atoms with Gasteiger partial charge in [-0.2, -0.15) is 13.2 Å². The summed E-state index contributed by atoms with van der Waals surface area (Å²) in [4.78, 5) is 17.4. The van der Waals surface area contributed by atoms with E-state index in [9.17, 15) is 18.0 Å². The molecule has 1 aromatic rings. The number of hydrogen-bond donors (Lipinski definition) is 0. The second-order valence-electron chi connectivity index (χ2n) is 5.37. The van der Waals surface area contributed by atoms with Crippen molar-refractivity contribution in [2.75, 3.05) is 24.6 Å². The molecule has 7 heteroatoms. The van der Waals surface area contributed by atoms with E-state index >= 15 is 0 Å². The first kappa shape index (κ1) is 16.6. The monoisotopic (exact) mass is 316 g/mol. The van der Waals surface area contributed by atoms with E-state index in [-0.39, 0.29) is 11.9 Å². The van der Waals surface area contributed by atoms with Gasteiger partial charge in [-0.1, -0.05) is 0 Å². The summed E-state index contributed by atoms with van der Waals surface area (Å²) in [5.41, 5.74) is -0.753. The first-order chi connectivity index (χ1) is 10.4. The topological polar surface area (TPSA) is 42.4 Å². The van der Waals surface area contributed by atoms with Crippen LogP contribution in [0.3, 0.4) is 0 Å². The summed E-state index contributed by atoms with van der Waals surface area (Å²) >= 11 is 0. The van der Waals surface area contributed by atoms with Gasteiger partial charge in [0, 0.05) is 19.3 Å². The second-order valence-corrected chi connectivity index (χ2v) is 5.37. The van der Waals surface area contributed by atoms with E-state index in [1.807, 2.05) is 4.90 Å². The summed E-state index contributed by atoms with van der Waals surface area (Å²) in [6, 6.07) is 2.42. The van der Waals surface area contributed by atoms with Crippen LogP contribution in [-0.2, 0) is 15.7 Å². The number of aromatic nitrogens is 1. The molecule has 1 aliphatic heterocycles. The molecule has 122 valence electrons. The van der Waals surface area contributed by atoms with Gasteiger partial charge >= 0.3 is 12.1 Å². The minimum Gasteiger partial charge on any atom is -0.466 e. The zero-order chi connectivity index (χ0) is 16.2. The maximum atomic E-state index is 12.5. The highest BCUT2D eigenvalue weighted by Crippen LogP contribution is 2.30. The molecule has 1 fully saturated rings. The number of hydrogen-bond acceptors (Lipinski definition) is 4. The molecule has 0 bridgehead atoms. The number of ether oxygens (including phenoxy) is 1. The van der Waals surface area contributed by atoms with Crippen LogP contribution in [0.1, 0.15) is 31.7 Å². The molecule has 1 saturated heterocycles. The van der Waals surface area contributed by atoms with Crippen molar-refractivity contribution in [1.82, 2.24) is 4.98 Å². The summed E-state index contributed by atoms with van der Waals surface area (Å²) in [6.45, 7) is 3.46. The number of nitrogens with zero attached hydrogens (tertiary/aromatic N) is 2. The number of alkyl halides is 3. The number of carbonyl (C=O) groups is 1. The number of carbonyl (C=O) groups excluding carboxylic acids is 1. The third kappa shape index (κ3) is 4.35. The van der Waals surface area contributed by atoms with Crippen molar-refractivity contribution in [3.05, 3.63) is 23.9 Å². The smallest absolute Gasteiger partial charge is 0.417 e. The van der Waals surface area contributed by atoms with Crippen molar-refractivity contribution in [1.29, 1.82) is 0 Å². The minimum atomic E-state index is -4.38. The van der Waals surface area contributed by atoms with Crippen molar-refractivity contribution in [2.45, 2.75) is 32.4 Å². The molecule has 0 aromatic carbocycles. The van der Waals surface area contributed by atoms with Gasteiger partial charge in [0.2, 0.25) is 0 Å². The van der Waals surface area contributed by atoms with Gasteiger partial charge in [-0.3, -0.25) is 4.79 Å². The van der Waals surface area contributed by atoms with E-state index in [1.54, 1.807) is 6.92 Å². The maximum absolute atomic E-state index is 12.5. The Kier molecular flexibility index (Phi) is 5.26. The average Bonchev–Trinajstić information content (AvgIpc) is 2.47. The van der Waals surface area contributed by atoms with Gasteiger partial charge in [0.05, 0.1) is 18.6 Å². The van der Waals surface area contributed by atoms with Crippen molar-refractivity contribution < 1.29 is 22.7 Å². The number of halogens is 3. The average molecular weight is 316 g/mol. The third-order valence-corrected chi connectivity index (χ3v) is 3.68. The van der Waals surface area contributed by atoms with E-state index < -0.39 is 11.7 Å². The lowest BCUT2D eigenvalue weighted by Crippen LogP contribution is -2.37. The Hall–Kier alpha value is -1.79. The number of esters is 1. The molecule has 0 spiro atoms. The molecular formula is C15H19F3N2O2. The fourth-order valence-electron chi connectivity index (χ4n) is 2.64. The lowest BCUT2D eigenvalue weighted by atomic mass is 9.95. The third-order valence-electron chi connectivity index (χ3n) is 3.68. The van der Waals surface area contributed by atoms with E-state index in [0.29, 0.717) is 25.4 Å². The summed E-state index contributed by atoms with van der Waals surface area (Å²) in [5, 5.41) is 0. The van der Waals surface area contributed by atoms with Crippen LogP contribution in [0, 0.1) is 5.92 Å². The summed E-state index contributed by atoms with van der Waals surface area (Å²) in [5.74, 6) is 0.438. The van der Waals surface area contributed by atoms with Crippen LogP contribution in [0.25, 0.3) is 0 Å². The first-order valence-electron chi connectivity index (χ1n) is 7.34. The van der Waals surface area contributed by atoms with Crippen molar-refractivity contribution in [2.24, 2.45) is 5.92 Å². The fourth-order valence-corrected chi connectivity index (χ4v) is 2.64. The molecule has 0 amide bonds. The van der Waals surface area contributed by atoms with Gasteiger partial charge in [-0.25, -0.2) is 4.98 Å². The molecule has 4 nitrogen and oxygen atoms in total. The van der Waals surface area contributed by atoms with E-state index in [2.05, 4.69) is 4.98 Å². The highest BCUT2D eigenvalue weighted by atomic mass is 19.4. The molecule has 1 unspecified atom stereocenters. The van der Waals surface area contributed by atoms with Gasteiger partial charge in [-0.15, -0.1) is 0 Å². The van der Waals surface area contributed by atoms with E-state index in [4.69, 9.17) is 4.74 Å². The molecule has 22 heavy (non-hydrogen) atoms. The summed E-state index contributed by atoms with van der Waals surface area (Å²) in [6.07, 6.45) is -1.39. The van der Waals surface area contributed by atoms with Gasteiger partial charge in [-0.05, 0) is 37.8 Å². The zero-order valence-electron chi connectivity index (χ0n) is 12.4. The maximum Gasteiger partial charge on any atom is 0.417 e. The Morgan fingerprint density at radius 3 is 2.82 bits per heavy atom. The fraction of sp³-hybridized carbons (Fsp3) is 0.600. The highest BCUT2D eigenvalue weighted by Gasteiger charge is 2.31. The van der Waals surface area contributed by atoms with Gasteiger partial charge in [0.15, 0.2) is 0 Å². The zero-order valence-corrected chi connectivity index (χ0v) is 12.4. The molecule has 2 rings (SSSR count). The Morgan fingerprint density at radius 2 is 2.23 bits per heavy atom. The van der Waals surface area contributed by atoms with Crippen LogP contribution >= 0.6 is 0 Å². The lowest BCUT2D eigenvalue weighted by molar-refractivity contribution is -0.144. The van der Waals surface area contributed by atoms with Gasteiger partial charge < -0.3 is 9.64 Å². The molecule has 2 heterocycles. The predicted octanol–water partition coefficient (Wildman–Crippen LogP) is 3.27. The quantitative estimate of drug-likeness (QED) is 0.800. The standard InChI is InChI=1S/C15H19F3N2O2/c1-2-22-14(21)8-11-4-3-7-20(10-11)13-6-5-12(9-19-13)15(16,17)18/h5-6,9,11H,2-4,7-8,10H2,1H3. The molecule has 1 aromatic heterocycles. The largest absolute Gasteiger partial charge is 0.466 e.